The molecule has 1 aliphatic rings. The maximum absolute atomic E-state index is 12.2. The Bertz CT molecular complexity index is 642. The van der Waals surface area contributed by atoms with Gasteiger partial charge >= 0.3 is 12.0 Å². The maximum atomic E-state index is 12.2. The Morgan fingerprint density at radius 2 is 1.75 bits per heavy atom. The summed E-state index contributed by atoms with van der Waals surface area (Å²) >= 11 is 6.04. The van der Waals surface area contributed by atoms with E-state index in [2.05, 4.69) is 5.32 Å². The third kappa shape index (κ3) is 4.86. The number of aryl methyl sites for hydroxylation is 1. The predicted molar refractivity (Wildman–Crippen MR) is 90.2 cm³/mol. The quantitative estimate of drug-likeness (QED) is 0.868. The largest absolute Gasteiger partial charge is 0.481 e. The number of hydrogen-bond acceptors (Lipinski definition) is 3. The van der Waals surface area contributed by atoms with Crippen LogP contribution in [0.3, 0.4) is 0 Å². The van der Waals surface area contributed by atoms with Crippen molar-refractivity contribution in [2.24, 2.45) is 0 Å². The molecular formula is C16H20ClN3O4. The van der Waals surface area contributed by atoms with Crippen LogP contribution in [0, 0.1) is 6.92 Å². The molecule has 2 rings (SSSR count). The van der Waals surface area contributed by atoms with Crippen LogP contribution in [0.4, 0.5) is 10.5 Å². The van der Waals surface area contributed by atoms with Crippen LogP contribution in [0.15, 0.2) is 18.2 Å². The average molecular weight is 354 g/mol. The van der Waals surface area contributed by atoms with Crippen molar-refractivity contribution in [2.45, 2.75) is 19.8 Å². The molecule has 0 bridgehead atoms. The monoisotopic (exact) mass is 353 g/mol. The zero-order valence-corrected chi connectivity index (χ0v) is 14.2. The average Bonchev–Trinajstić information content (AvgIpc) is 2.56. The number of nitrogens with zero attached hydrogens (tertiary/aromatic N) is 2. The van der Waals surface area contributed by atoms with Crippen LogP contribution in [-0.4, -0.2) is 59.0 Å². The van der Waals surface area contributed by atoms with E-state index in [9.17, 15) is 14.4 Å². The van der Waals surface area contributed by atoms with Crippen molar-refractivity contribution < 1.29 is 19.5 Å². The molecule has 0 spiro atoms. The molecule has 7 nitrogen and oxygen atoms in total. The third-order valence-electron chi connectivity index (χ3n) is 3.90. The molecule has 2 N–H and O–H groups in total. The Morgan fingerprint density at radius 3 is 2.33 bits per heavy atom. The fraction of sp³-hybridized carbons (Fsp3) is 0.438. The molecule has 3 amide bonds. The van der Waals surface area contributed by atoms with E-state index in [1.165, 1.54) is 0 Å². The lowest BCUT2D eigenvalue weighted by Gasteiger charge is -2.34. The van der Waals surface area contributed by atoms with E-state index in [1.807, 2.05) is 13.0 Å². The summed E-state index contributed by atoms with van der Waals surface area (Å²) in [7, 11) is 0. The van der Waals surface area contributed by atoms with Crippen LogP contribution < -0.4 is 5.32 Å². The minimum Gasteiger partial charge on any atom is -0.481 e. The number of nitrogens with one attached hydrogen (secondary N) is 1. The molecule has 130 valence electrons. The van der Waals surface area contributed by atoms with Crippen LogP contribution in [-0.2, 0) is 9.59 Å². The van der Waals surface area contributed by atoms with Gasteiger partial charge in [-0.3, -0.25) is 9.59 Å². The second-order valence-corrected chi connectivity index (χ2v) is 6.06. The molecule has 1 aliphatic heterocycles. The first-order valence-corrected chi connectivity index (χ1v) is 8.06. The first-order valence-electron chi connectivity index (χ1n) is 7.68. The third-order valence-corrected chi connectivity index (χ3v) is 4.30. The number of urea groups is 1. The molecule has 0 unspecified atom stereocenters. The number of rotatable bonds is 4. The topological polar surface area (TPSA) is 90.0 Å². The summed E-state index contributed by atoms with van der Waals surface area (Å²) in [5, 5.41) is 12.0. The van der Waals surface area contributed by atoms with E-state index >= 15 is 0 Å². The van der Waals surface area contributed by atoms with E-state index in [1.54, 1.807) is 21.9 Å². The van der Waals surface area contributed by atoms with Crippen molar-refractivity contribution in [1.29, 1.82) is 0 Å². The molecule has 0 radical (unpaired) electrons. The molecule has 0 aromatic heterocycles. The van der Waals surface area contributed by atoms with Gasteiger partial charge in [0.05, 0.1) is 6.42 Å². The summed E-state index contributed by atoms with van der Waals surface area (Å²) in [6.07, 6.45) is -0.183. The molecule has 8 heteroatoms. The lowest BCUT2D eigenvalue weighted by atomic mass is 10.2. The molecule has 0 atom stereocenters. The number of hydrogen-bond donors (Lipinski definition) is 2. The number of amides is 3. The van der Waals surface area contributed by atoms with Crippen LogP contribution >= 0.6 is 11.6 Å². The summed E-state index contributed by atoms with van der Waals surface area (Å²) in [5.74, 6) is -1.18. The van der Waals surface area contributed by atoms with Gasteiger partial charge in [0.15, 0.2) is 0 Å². The second-order valence-electron chi connectivity index (χ2n) is 5.66. The number of carboxylic acids is 1. The number of benzene rings is 1. The number of halogens is 1. The normalized spacial score (nSPS) is 14.4. The molecule has 1 saturated heterocycles. The van der Waals surface area contributed by atoms with Gasteiger partial charge in [-0.05, 0) is 24.6 Å². The molecule has 1 fully saturated rings. The van der Waals surface area contributed by atoms with E-state index in [4.69, 9.17) is 16.7 Å². The number of aliphatic carboxylic acids is 1. The minimum atomic E-state index is -0.988. The van der Waals surface area contributed by atoms with Crippen molar-refractivity contribution in [3.05, 3.63) is 28.8 Å². The highest BCUT2D eigenvalue weighted by Gasteiger charge is 2.24. The Labute approximate surface area is 145 Å². The number of piperazine rings is 1. The van der Waals surface area contributed by atoms with Crippen molar-refractivity contribution in [1.82, 2.24) is 9.80 Å². The van der Waals surface area contributed by atoms with Gasteiger partial charge in [0.25, 0.3) is 0 Å². The summed E-state index contributed by atoms with van der Waals surface area (Å²) in [6, 6.07) is 5.06. The second kappa shape index (κ2) is 8.01. The van der Waals surface area contributed by atoms with Crippen LogP contribution in [0.2, 0.25) is 5.02 Å². The lowest BCUT2D eigenvalue weighted by Crippen LogP contribution is -2.51. The summed E-state index contributed by atoms with van der Waals surface area (Å²) < 4.78 is 0. The number of carbonyl (C=O) groups excluding carboxylic acids is 2. The maximum Gasteiger partial charge on any atom is 0.321 e. The Balaban J connectivity index is 1.83. The van der Waals surface area contributed by atoms with Gasteiger partial charge in [-0.1, -0.05) is 17.7 Å². The SMILES string of the molecule is Cc1ccc(NC(=O)N2CCN(C(=O)CCC(=O)O)CC2)cc1Cl. The Morgan fingerprint density at radius 1 is 1.12 bits per heavy atom. The van der Waals surface area contributed by atoms with Gasteiger partial charge in [0.1, 0.15) is 0 Å². The van der Waals surface area contributed by atoms with E-state index in [0.717, 1.165) is 5.56 Å². The zero-order chi connectivity index (χ0) is 17.7. The highest BCUT2D eigenvalue weighted by Crippen LogP contribution is 2.20. The van der Waals surface area contributed by atoms with Gasteiger partial charge in [-0.25, -0.2) is 4.79 Å². The fourth-order valence-electron chi connectivity index (χ4n) is 2.40. The summed E-state index contributed by atoms with van der Waals surface area (Å²) in [4.78, 5) is 37.8. The minimum absolute atomic E-state index is 0.0105. The summed E-state index contributed by atoms with van der Waals surface area (Å²) in [5.41, 5.74) is 1.55. The highest BCUT2D eigenvalue weighted by molar-refractivity contribution is 6.31. The summed E-state index contributed by atoms with van der Waals surface area (Å²) in [6.45, 7) is 3.50. The standard InChI is InChI=1S/C16H20ClN3O4/c1-11-2-3-12(10-13(11)17)18-16(24)20-8-6-19(7-9-20)14(21)4-5-15(22)23/h2-3,10H,4-9H2,1H3,(H,18,24)(H,22,23). The van der Waals surface area contributed by atoms with Crippen LogP contribution in [0.1, 0.15) is 18.4 Å². The fourth-order valence-corrected chi connectivity index (χ4v) is 2.58. The molecular weight excluding hydrogens is 334 g/mol. The van der Waals surface area contributed by atoms with Gasteiger partial charge in [0, 0.05) is 43.3 Å². The number of carbonyl (C=O) groups is 3. The molecule has 1 aromatic carbocycles. The molecule has 1 aromatic rings. The van der Waals surface area contributed by atoms with Gasteiger partial charge < -0.3 is 20.2 Å². The van der Waals surface area contributed by atoms with Crippen molar-refractivity contribution in [2.75, 3.05) is 31.5 Å². The van der Waals surface area contributed by atoms with Crippen LogP contribution in [0.25, 0.3) is 0 Å². The van der Waals surface area contributed by atoms with Crippen molar-refractivity contribution in [3.63, 3.8) is 0 Å². The van der Waals surface area contributed by atoms with Crippen molar-refractivity contribution in [3.8, 4) is 0 Å². The van der Waals surface area contributed by atoms with E-state index < -0.39 is 5.97 Å². The van der Waals surface area contributed by atoms with Gasteiger partial charge in [-0.15, -0.1) is 0 Å². The Kier molecular flexibility index (Phi) is 6.03. The zero-order valence-electron chi connectivity index (χ0n) is 13.4. The Hall–Kier alpha value is -2.28. The number of carboxylic acid groups (broad SMARTS) is 1. The smallest absolute Gasteiger partial charge is 0.321 e. The van der Waals surface area contributed by atoms with Gasteiger partial charge in [-0.2, -0.15) is 0 Å². The van der Waals surface area contributed by atoms with E-state index in [-0.39, 0.29) is 24.8 Å². The number of anilines is 1. The predicted octanol–water partition coefficient (Wildman–Crippen LogP) is 2.19. The molecule has 0 saturated carbocycles. The van der Waals surface area contributed by atoms with Crippen molar-refractivity contribution >= 4 is 35.2 Å². The molecule has 24 heavy (non-hydrogen) atoms. The highest BCUT2D eigenvalue weighted by atomic mass is 35.5. The first kappa shape index (κ1) is 18.1. The molecule has 1 heterocycles. The van der Waals surface area contributed by atoms with E-state index in [0.29, 0.717) is 36.9 Å². The molecule has 0 aliphatic carbocycles. The first-order chi connectivity index (χ1) is 11.4. The van der Waals surface area contributed by atoms with Gasteiger partial charge in [0.2, 0.25) is 5.91 Å². The lowest BCUT2D eigenvalue weighted by molar-refractivity contribution is -0.141. The van der Waals surface area contributed by atoms with Crippen LogP contribution in [0.5, 0.6) is 0 Å².